The van der Waals surface area contributed by atoms with Crippen LogP contribution in [0, 0.1) is 5.92 Å². The second-order valence-corrected chi connectivity index (χ2v) is 9.03. The summed E-state index contributed by atoms with van der Waals surface area (Å²) in [7, 11) is 0. The number of ether oxygens (including phenoxy) is 1. The first kappa shape index (κ1) is 26.8. The molecule has 4 N–H and O–H groups in total. The van der Waals surface area contributed by atoms with Crippen LogP contribution in [0.2, 0.25) is 0 Å². The van der Waals surface area contributed by atoms with Crippen LogP contribution in [-0.2, 0) is 23.9 Å². The highest BCUT2D eigenvalue weighted by atomic mass is 16.6. The Morgan fingerprint density at radius 1 is 1.06 bits per heavy atom. The number of rotatable bonds is 10. The van der Waals surface area contributed by atoms with Gasteiger partial charge in [0, 0.05) is 25.0 Å². The lowest BCUT2D eigenvalue weighted by atomic mass is 9.88. The molecule has 0 saturated carbocycles. The van der Waals surface area contributed by atoms with Gasteiger partial charge in [-0.05, 0) is 24.5 Å². The minimum atomic E-state index is -1.60. The Labute approximate surface area is 209 Å². The number of hydrogen-bond acceptors (Lipinski definition) is 7. The molecule has 3 rings (SSSR count). The van der Waals surface area contributed by atoms with E-state index < -0.39 is 35.4 Å². The summed E-state index contributed by atoms with van der Waals surface area (Å²) in [4.78, 5) is 48.0. The molecule has 1 heterocycles. The molecule has 3 atom stereocenters. The lowest BCUT2D eigenvalue weighted by Crippen LogP contribution is -2.42. The Balaban J connectivity index is 1.56. The molecule has 0 aromatic rings. The molecule has 2 aliphatic carbocycles. The van der Waals surface area contributed by atoms with Crippen LogP contribution in [0.15, 0.2) is 84.0 Å². The van der Waals surface area contributed by atoms with Gasteiger partial charge in [-0.25, -0.2) is 0 Å². The predicted molar refractivity (Wildman–Crippen MR) is 132 cm³/mol. The maximum Gasteiger partial charge on any atom is 0.248 e. The van der Waals surface area contributed by atoms with Crippen molar-refractivity contribution in [1.82, 2.24) is 10.6 Å². The maximum absolute atomic E-state index is 12.4. The molecular weight excluding hydrogens is 464 g/mol. The van der Waals surface area contributed by atoms with E-state index in [0.717, 1.165) is 6.42 Å². The molecule has 0 radical (unpaired) electrons. The van der Waals surface area contributed by atoms with E-state index in [1.54, 1.807) is 18.2 Å². The zero-order valence-corrected chi connectivity index (χ0v) is 20.1. The van der Waals surface area contributed by atoms with E-state index in [-0.39, 0.29) is 35.8 Å². The van der Waals surface area contributed by atoms with Gasteiger partial charge in [-0.1, -0.05) is 56.4 Å². The fourth-order valence-corrected chi connectivity index (χ4v) is 3.62. The van der Waals surface area contributed by atoms with E-state index in [9.17, 15) is 29.4 Å². The topological polar surface area (TPSA) is 145 Å². The first-order chi connectivity index (χ1) is 17.1. The number of aliphatic hydroxyl groups is 2. The molecule has 0 aromatic heterocycles. The van der Waals surface area contributed by atoms with Crippen molar-refractivity contribution in [3.63, 3.8) is 0 Å². The van der Waals surface area contributed by atoms with Crippen LogP contribution in [0.5, 0.6) is 0 Å². The summed E-state index contributed by atoms with van der Waals surface area (Å²) in [6.07, 6.45) is 16.2. The third-order valence-electron chi connectivity index (χ3n) is 5.56. The molecule has 1 fully saturated rings. The van der Waals surface area contributed by atoms with E-state index in [2.05, 4.69) is 24.5 Å². The van der Waals surface area contributed by atoms with Crippen molar-refractivity contribution in [3.8, 4) is 0 Å². The van der Waals surface area contributed by atoms with Crippen LogP contribution in [0.4, 0.5) is 0 Å². The molecule has 2 amide bonds. The number of carbonyl (C=O) groups excluding carboxylic acids is 4. The third-order valence-corrected chi connectivity index (χ3v) is 5.56. The molecule has 1 aliphatic heterocycles. The molecule has 9 nitrogen and oxygen atoms in total. The number of epoxide rings is 1. The van der Waals surface area contributed by atoms with E-state index in [1.807, 2.05) is 6.08 Å². The Morgan fingerprint density at radius 2 is 1.72 bits per heavy atom. The van der Waals surface area contributed by atoms with Crippen LogP contribution in [0.25, 0.3) is 0 Å². The summed E-state index contributed by atoms with van der Waals surface area (Å²) in [5, 5.41) is 25.4. The lowest BCUT2D eigenvalue weighted by molar-refractivity contribution is -0.121. The molecule has 9 heteroatoms. The van der Waals surface area contributed by atoms with Crippen LogP contribution < -0.4 is 10.6 Å². The quantitative estimate of drug-likeness (QED) is 0.207. The summed E-state index contributed by atoms with van der Waals surface area (Å²) in [6.45, 7) is 4.17. The van der Waals surface area contributed by atoms with Gasteiger partial charge in [-0.2, -0.15) is 0 Å². The summed E-state index contributed by atoms with van der Waals surface area (Å²) in [6, 6.07) is 0. The number of carbonyl (C=O) groups is 4. The van der Waals surface area contributed by atoms with E-state index in [1.165, 1.54) is 42.5 Å². The van der Waals surface area contributed by atoms with Crippen molar-refractivity contribution in [3.05, 3.63) is 84.0 Å². The number of Topliss-reactive ketones (excluding diaryl/α,β-unsaturated/α-hetero) is 2. The summed E-state index contributed by atoms with van der Waals surface area (Å²) < 4.78 is 5.32. The van der Waals surface area contributed by atoms with E-state index in [0.29, 0.717) is 5.92 Å². The number of aliphatic hydroxyl groups excluding tert-OH is 1. The average Bonchev–Trinajstić information content (AvgIpc) is 3.58. The van der Waals surface area contributed by atoms with Crippen LogP contribution >= 0.6 is 0 Å². The van der Waals surface area contributed by atoms with Crippen molar-refractivity contribution >= 4 is 23.4 Å². The van der Waals surface area contributed by atoms with Crippen LogP contribution in [0.3, 0.4) is 0 Å². The van der Waals surface area contributed by atoms with Crippen molar-refractivity contribution < 1.29 is 34.1 Å². The van der Waals surface area contributed by atoms with E-state index >= 15 is 0 Å². The van der Waals surface area contributed by atoms with E-state index in [4.69, 9.17) is 4.74 Å². The van der Waals surface area contributed by atoms with Crippen molar-refractivity contribution in [1.29, 1.82) is 0 Å². The van der Waals surface area contributed by atoms with Gasteiger partial charge < -0.3 is 25.6 Å². The Bertz CT molecular complexity index is 1140. The van der Waals surface area contributed by atoms with Crippen molar-refractivity contribution in [2.24, 2.45) is 5.92 Å². The minimum Gasteiger partial charge on any atom is -0.510 e. The molecule has 1 saturated heterocycles. The average molecular weight is 495 g/mol. The van der Waals surface area contributed by atoms with Crippen molar-refractivity contribution in [2.45, 2.75) is 50.9 Å². The van der Waals surface area contributed by atoms with Crippen LogP contribution in [0.1, 0.15) is 33.1 Å². The first-order valence-electron chi connectivity index (χ1n) is 11.7. The fraction of sp³-hybridized carbons (Fsp3) is 0.333. The van der Waals surface area contributed by atoms with Gasteiger partial charge in [-0.15, -0.1) is 0 Å². The molecule has 3 aliphatic rings. The third kappa shape index (κ3) is 7.10. The van der Waals surface area contributed by atoms with Gasteiger partial charge in [0.05, 0.1) is 5.70 Å². The van der Waals surface area contributed by atoms with Crippen molar-refractivity contribution in [2.75, 3.05) is 0 Å². The first-order valence-corrected chi connectivity index (χ1v) is 11.7. The number of ketones is 2. The SMILES string of the molecule is CC(C)C/C=C/C=C/C(=O)NC1=CC(O)(/C=C/C=C/C=C/C(=O)NC2=C(O)CCC2=O)[C@@H]2O[C@@H]2C1=O. The van der Waals surface area contributed by atoms with Gasteiger partial charge in [-0.3, -0.25) is 19.2 Å². The highest BCUT2D eigenvalue weighted by Gasteiger charge is 2.59. The number of amides is 2. The summed E-state index contributed by atoms with van der Waals surface area (Å²) >= 11 is 0. The minimum absolute atomic E-state index is 0.0405. The summed E-state index contributed by atoms with van der Waals surface area (Å²) in [5.74, 6) is -1.39. The second-order valence-electron chi connectivity index (χ2n) is 9.03. The number of fused-ring (bicyclic) bond motifs is 1. The standard InChI is InChI=1S/C27H30N2O7/c1-17(2)10-6-5-8-11-21(32)28-18-16-27(35,26-25(36-26)24(18)34)15-9-4-3-7-12-22(33)29-23-19(30)13-14-20(23)31/h3-9,11-12,15-17,25-26,30,35H,10,13-14H2,1-2H3,(H,28,32)(H,29,33)/b4-3+,6-5+,11-8+,12-7+,15-9+/t25-,26-,27?/m1/s1. The lowest BCUT2D eigenvalue weighted by Gasteiger charge is -2.23. The molecule has 1 unspecified atom stereocenters. The molecule has 0 spiro atoms. The summed E-state index contributed by atoms with van der Waals surface area (Å²) in [5.41, 5.74) is -1.71. The van der Waals surface area contributed by atoms with Gasteiger partial charge in [0.1, 0.15) is 23.2 Å². The molecule has 0 aromatic carbocycles. The Kier molecular flexibility index (Phi) is 8.73. The highest BCUT2D eigenvalue weighted by molar-refractivity contribution is 6.06. The van der Waals surface area contributed by atoms with Gasteiger partial charge >= 0.3 is 0 Å². The number of hydrogen-bond donors (Lipinski definition) is 4. The normalized spacial score (nSPS) is 26.3. The zero-order chi connectivity index (χ0) is 26.3. The van der Waals surface area contributed by atoms with Gasteiger partial charge in [0.15, 0.2) is 11.9 Å². The van der Waals surface area contributed by atoms with Crippen LogP contribution in [-0.4, -0.2) is 51.4 Å². The maximum atomic E-state index is 12.4. The number of allylic oxidation sites excluding steroid dienone is 9. The molecule has 36 heavy (non-hydrogen) atoms. The predicted octanol–water partition coefficient (Wildman–Crippen LogP) is 2.14. The molecular formula is C27H30N2O7. The smallest absolute Gasteiger partial charge is 0.248 e. The molecule has 0 bridgehead atoms. The monoisotopic (exact) mass is 494 g/mol. The second kappa shape index (κ2) is 11.7. The molecule has 190 valence electrons. The van der Waals surface area contributed by atoms with Gasteiger partial charge in [0.25, 0.3) is 0 Å². The Morgan fingerprint density at radius 3 is 2.39 bits per heavy atom. The number of nitrogens with one attached hydrogen (secondary N) is 2. The van der Waals surface area contributed by atoms with Gasteiger partial charge in [0.2, 0.25) is 17.6 Å². The Hall–Kier alpha value is -3.82. The largest absolute Gasteiger partial charge is 0.510 e. The zero-order valence-electron chi connectivity index (χ0n) is 20.1. The fourth-order valence-electron chi connectivity index (χ4n) is 3.62. The highest BCUT2D eigenvalue weighted by Crippen LogP contribution is 2.40.